The summed E-state index contributed by atoms with van der Waals surface area (Å²) in [7, 11) is 0. The Labute approximate surface area is 146 Å². The molecule has 2 aliphatic rings. The molecule has 0 radical (unpaired) electrons. The van der Waals surface area contributed by atoms with Gasteiger partial charge in [0.1, 0.15) is 0 Å². The first-order valence-corrected chi connectivity index (χ1v) is 9.67. The molecule has 2 aromatic rings. The highest BCUT2D eigenvalue weighted by Gasteiger charge is 2.28. The number of pyridine rings is 1. The third-order valence-corrected chi connectivity index (χ3v) is 5.88. The molecule has 1 amide bonds. The van der Waals surface area contributed by atoms with E-state index in [9.17, 15) is 4.79 Å². The number of carbonyl (C=O) groups is 1. The Morgan fingerprint density at radius 1 is 1.42 bits per heavy atom. The fraction of sp³-hybridized carbons (Fsp3) is 0.474. The van der Waals surface area contributed by atoms with Gasteiger partial charge in [0.05, 0.1) is 11.3 Å². The number of aromatic nitrogens is 1. The summed E-state index contributed by atoms with van der Waals surface area (Å²) in [6.07, 6.45) is 6.24. The van der Waals surface area contributed by atoms with Crippen molar-refractivity contribution in [1.29, 1.82) is 0 Å². The second-order valence-corrected chi connectivity index (χ2v) is 7.74. The first-order chi connectivity index (χ1) is 11.7. The lowest BCUT2D eigenvalue weighted by atomic mass is 10.0. The van der Waals surface area contributed by atoms with Crippen LogP contribution >= 0.6 is 11.3 Å². The highest BCUT2D eigenvalue weighted by Crippen LogP contribution is 2.30. The van der Waals surface area contributed by atoms with Crippen LogP contribution in [-0.4, -0.2) is 28.4 Å². The molecule has 0 aromatic carbocycles. The van der Waals surface area contributed by atoms with E-state index >= 15 is 0 Å². The summed E-state index contributed by atoms with van der Waals surface area (Å²) in [5.74, 6) is 0.125. The Kier molecular flexibility index (Phi) is 4.37. The second kappa shape index (κ2) is 6.65. The number of fused-ring (bicyclic) bond motifs is 1. The molecule has 0 unspecified atom stereocenters. The minimum Gasteiger partial charge on any atom is -0.349 e. The van der Waals surface area contributed by atoms with Crippen molar-refractivity contribution >= 4 is 17.2 Å². The summed E-state index contributed by atoms with van der Waals surface area (Å²) >= 11 is 1.73. The lowest BCUT2D eigenvalue weighted by Gasteiger charge is -2.27. The van der Waals surface area contributed by atoms with Crippen LogP contribution in [0.4, 0.5) is 0 Å². The molecule has 0 saturated heterocycles. The molecule has 5 heteroatoms. The number of hydrogen-bond donors (Lipinski definition) is 1. The van der Waals surface area contributed by atoms with Gasteiger partial charge in [0.2, 0.25) is 0 Å². The number of nitrogens with zero attached hydrogens (tertiary/aromatic N) is 2. The van der Waals surface area contributed by atoms with Crippen LogP contribution in [0.15, 0.2) is 23.7 Å². The van der Waals surface area contributed by atoms with Gasteiger partial charge in [-0.2, -0.15) is 0 Å². The normalized spacial score (nSPS) is 17.5. The third-order valence-electron chi connectivity index (χ3n) is 4.86. The van der Waals surface area contributed by atoms with Gasteiger partial charge in [0.15, 0.2) is 0 Å². The van der Waals surface area contributed by atoms with Crippen LogP contribution in [0, 0.1) is 0 Å². The van der Waals surface area contributed by atoms with Crippen molar-refractivity contribution in [3.63, 3.8) is 0 Å². The van der Waals surface area contributed by atoms with Crippen LogP contribution in [0.2, 0.25) is 0 Å². The molecule has 1 N–H and O–H groups in total. The van der Waals surface area contributed by atoms with Crippen LogP contribution in [-0.2, 0) is 25.9 Å². The van der Waals surface area contributed by atoms with E-state index in [1.54, 1.807) is 11.3 Å². The van der Waals surface area contributed by atoms with E-state index < -0.39 is 0 Å². The summed E-state index contributed by atoms with van der Waals surface area (Å²) in [5.41, 5.74) is 4.58. The van der Waals surface area contributed by atoms with Gasteiger partial charge in [-0.1, -0.05) is 13.0 Å². The quantitative estimate of drug-likeness (QED) is 0.909. The van der Waals surface area contributed by atoms with E-state index in [0.717, 1.165) is 56.6 Å². The van der Waals surface area contributed by atoms with Gasteiger partial charge in [-0.15, -0.1) is 11.3 Å². The van der Waals surface area contributed by atoms with Gasteiger partial charge in [0, 0.05) is 42.1 Å². The Morgan fingerprint density at radius 3 is 3.00 bits per heavy atom. The van der Waals surface area contributed by atoms with Crippen molar-refractivity contribution < 1.29 is 4.79 Å². The summed E-state index contributed by atoms with van der Waals surface area (Å²) in [6.45, 7) is 4.94. The molecular weight excluding hydrogens is 318 g/mol. The zero-order chi connectivity index (χ0) is 16.5. The molecule has 1 aliphatic heterocycles. The summed E-state index contributed by atoms with van der Waals surface area (Å²) in [4.78, 5) is 20.7. The van der Waals surface area contributed by atoms with Crippen LogP contribution in [0.1, 0.15) is 51.8 Å². The van der Waals surface area contributed by atoms with Crippen molar-refractivity contribution in [2.24, 2.45) is 0 Å². The number of hydrogen-bond acceptors (Lipinski definition) is 4. The number of carbonyl (C=O) groups excluding carboxylic acids is 1. The van der Waals surface area contributed by atoms with Gasteiger partial charge in [0.25, 0.3) is 5.91 Å². The average Bonchev–Trinajstić information content (AvgIpc) is 3.31. The Hall–Kier alpha value is -1.72. The highest BCUT2D eigenvalue weighted by molar-refractivity contribution is 7.10. The monoisotopic (exact) mass is 341 g/mol. The topological polar surface area (TPSA) is 45.2 Å². The van der Waals surface area contributed by atoms with Gasteiger partial charge < -0.3 is 5.32 Å². The summed E-state index contributed by atoms with van der Waals surface area (Å²) in [5, 5.41) is 5.15. The number of thiophene rings is 1. The van der Waals surface area contributed by atoms with Crippen LogP contribution in [0.3, 0.4) is 0 Å². The van der Waals surface area contributed by atoms with E-state index in [0.29, 0.717) is 6.04 Å². The first kappa shape index (κ1) is 15.8. The molecule has 1 fully saturated rings. The molecule has 1 aliphatic carbocycles. The van der Waals surface area contributed by atoms with E-state index in [4.69, 9.17) is 0 Å². The molecule has 24 heavy (non-hydrogen) atoms. The molecule has 1 saturated carbocycles. The van der Waals surface area contributed by atoms with Gasteiger partial charge >= 0.3 is 0 Å². The predicted octanol–water partition coefficient (Wildman–Crippen LogP) is 3.16. The van der Waals surface area contributed by atoms with Gasteiger partial charge in [-0.25, -0.2) is 0 Å². The van der Waals surface area contributed by atoms with E-state index in [2.05, 4.69) is 34.3 Å². The third kappa shape index (κ3) is 3.37. The first-order valence-electron chi connectivity index (χ1n) is 8.79. The highest BCUT2D eigenvalue weighted by atomic mass is 32.1. The molecule has 0 bridgehead atoms. The van der Waals surface area contributed by atoms with E-state index in [-0.39, 0.29) is 5.91 Å². The molecular formula is C19H23N3OS. The number of aryl methyl sites for hydroxylation is 1. The lowest BCUT2D eigenvalue weighted by Crippen LogP contribution is -2.31. The minimum atomic E-state index is 0.125. The SMILES string of the molecule is CCc1ccc(CN2CCc3c(C(=O)NC4CC4)csc3C2)nc1. The molecule has 0 spiro atoms. The Bertz CT molecular complexity index is 734. The average molecular weight is 341 g/mol. The maximum absolute atomic E-state index is 12.3. The van der Waals surface area contributed by atoms with Gasteiger partial charge in [-0.05, 0) is 42.9 Å². The largest absolute Gasteiger partial charge is 0.349 e. The lowest BCUT2D eigenvalue weighted by molar-refractivity contribution is 0.0949. The standard InChI is InChI=1S/C19H23N3OS/c1-2-13-3-4-15(20-9-13)10-22-8-7-16-17(12-24-18(16)11-22)19(23)21-14-5-6-14/h3-4,9,12,14H,2,5-8,10-11H2,1H3,(H,21,23). The van der Waals surface area contributed by atoms with Crippen molar-refractivity contribution in [3.05, 3.63) is 51.0 Å². The maximum Gasteiger partial charge on any atom is 0.252 e. The molecule has 3 heterocycles. The van der Waals surface area contributed by atoms with E-state index in [1.165, 1.54) is 16.0 Å². The number of amides is 1. The predicted molar refractivity (Wildman–Crippen MR) is 96.2 cm³/mol. The van der Waals surface area contributed by atoms with Crippen LogP contribution in [0.5, 0.6) is 0 Å². The smallest absolute Gasteiger partial charge is 0.252 e. The van der Waals surface area contributed by atoms with Crippen molar-refractivity contribution in [2.75, 3.05) is 6.54 Å². The van der Waals surface area contributed by atoms with Crippen molar-refractivity contribution in [2.45, 2.75) is 51.7 Å². The minimum absolute atomic E-state index is 0.125. The van der Waals surface area contributed by atoms with E-state index in [1.807, 2.05) is 11.6 Å². The maximum atomic E-state index is 12.3. The molecule has 2 aromatic heterocycles. The van der Waals surface area contributed by atoms with Crippen LogP contribution < -0.4 is 5.32 Å². The molecule has 0 atom stereocenters. The molecule has 4 rings (SSSR count). The summed E-state index contributed by atoms with van der Waals surface area (Å²) < 4.78 is 0. The fourth-order valence-corrected chi connectivity index (χ4v) is 4.31. The summed E-state index contributed by atoms with van der Waals surface area (Å²) in [6, 6.07) is 4.73. The zero-order valence-electron chi connectivity index (χ0n) is 14.0. The Morgan fingerprint density at radius 2 is 2.29 bits per heavy atom. The van der Waals surface area contributed by atoms with Crippen LogP contribution in [0.25, 0.3) is 0 Å². The number of rotatable bonds is 5. The Balaban J connectivity index is 1.42. The van der Waals surface area contributed by atoms with Crippen molar-refractivity contribution in [1.82, 2.24) is 15.2 Å². The molecule has 126 valence electrons. The second-order valence-electron chi connectivity index (χ2n) is 6.77. The van der Waals surface area contributed by atoms with Crippen molar-refractivity contribution in [3.8, 4) is 0 Å². The molecule has 4 nitrogen and oxygen atoms in total. The fourth-order valence-electron chi connectivity index (χ4n) is 3.18. The zero-order valence-corrected chi connectivity index (χ0v) is 14.9. The van der Waals surface area contributed by atoms with Gasteiger partial charge in [-0.3, -0.25) is 14.7 Å². The number of nitrogens with one attached hydrogen (secondary N) is 1.